The summed E-state index contributed by atoms with van der Waals surface area (Å²) in [5.41, 5.74) is 8.64. The molecule has 0 saturated heterocycles. The number of carboxylic acids is 1. The van der Waals surface area contributed by atoms with Crippen molar-refractivity contribution < 1.29 is 9.90 Å². The Labute approximate surface area is 147 Å². The summed E-state index contributed by atoms with van der Waals surface area (Å²) in [5, 5.41) is 13.6. The smallest absolute Gasteiger partial charge is 0.326 e. The third kappa shape index (κ3) is 2.69. The second-order valence-corrected chi connectivity index (χ2v) is 6.06. The number of fused-ring (bicyclic) bond motifs is 2. The Hall–Kier alpha value is -3.62. The fourth-order valence-electron chi connectivity index (χ4n) is 3.01. The lowest BCUT2D eigenvalue weighted by Crippen LogP contribution is -2.32. The fourth-order valence-corrected chi connectivity index (χ4v) is 3.01. The highest BCUT2D eigenvalue weighted by atomic mass is 16.4. The molecule has 0 saturated carbocycles. The third-order valence-corrected chi connectivity index (χ3v) is 4.29. The number of para-hydroxylation sites is 1. The number of nitrogens with zero attached hydrogens (tertiary/aromatic N) is 4. The number of imidazole rings is 1. The lowest BCUT2D eigenvalue weighted by molar-refractivity contribution is -0.137. The Balaban J connectivity index is 1.69. The number of carbonyl (C=O) groups is 1. The zero-order valence-corrected chi connectivity index (χ0v) is 14.0. The molecule has 3 aromatic heterocycles. The molecule has 5 N–H and O–H groups in total. The molecule has 4 rings (SSSR count). The number of aromatic amines is 1. The highest BCUT2D eigenvalue weighted by molar-refractivity contribution is 5.88. The van der Waals surface area contributed by atoms with Crippen LogP contribution in [-0.2, 0) is 18.3 Å². The maximum atomic E-state index is 11.8. The second kappa shape index (κ2) is 6.03. The molecule has 0 fully saturated rings. The summed E-state index contributed by atoms with van der Waals surface area (Å²) in [6.07, 6.45) is 3.68. The summed E-state index contributed by atoms with van der Waals surface area (Å²) in [7, 11) is 1.78. The van der Waals surface area contributed by atoms with Crippen molar-refractivity contribution >= 4 is 39.8 Å². The van der Waals surface area contributed by atoms with Crippen LogP contribution in [0.25, 0.3) is 22.1 Å². The first-order valence-corrected chi connectivity index (χ1v) is 8.02. The van der Waals surface area contributed by atoms with Gasteiger partial charge in [-0.25, -0.2) is 9.78 Å². The van der Waals surface area contributed by atoms with Crippen molar-refractivity contribution in [3.8, 4) is 0 Å². The van der Waals surface area contributed by atoms with Gasteiger partial charge in [0.2, 0.25) is 5.95 Å². The molecule has 0 aliphatic heterocycles. The predicted octanol–water partition coefficient (Wildman–Crippen LogP) is 1.53. The van der Waals surface area contributed by atoms with Crippen LogP contribution in [0, 0.1) is 0 Å². The van der Waals surface area contributed by atoms with Crippen LogP contribution < -0.4 is 11.1 Å². The molecule has 1 aromatic carbocycles. The number of hydrogen-bond acceptors (Lipinski definition) is 6. The molecule has 0 spiro atoms. The van der Waals surface area contributed by atoms with E-state index in [1.807, 2.05) is 30.5 Å². The van der Waals surface area contributed by atoms with E-state index < -0.39 is 12.0 Å². The Morgan fingerprint density at radius 1 is 1.38 bits per heavy atom. The Morgan fingerprint density at radius 3 is 3.00 bits per heavy atom. The van der Waals surface area contributed by atoms with E-state index in [0.29, 0.717) is 17.0 Å². The van der Waals surface area contributed by atoms with Crippen molar-refractivity contribution in [2.75, 3.05) is 11.1 Å². The quantitative estimate of drug-likeness (QED) is 0.428. The number of aliphatic carboxylic acids is 1. The summed E-state index contributed by atoms with van der Waals surface area (Å²) < 4.78 is 1.70. The van der Waals surface area contributed by atoms with Crippen LogP contribution in [0.1, 0.15) is 5.56 Å². The Morgan fingerprint density at radius 2 is 2.19 bits per heavy atom. The van der Waals surface area contributed by atoms with Gasteiger partial charge in [-0.05, 0) is 11.6 Å². The number of carboxylic acid groups (broad SMARTS) is 1. The number of nitrogens with one attached hydrogen (secondary N) is 2. The zero-order chi connectivity index (χ0) is 18.3. The molecule has 9 nitrogen and oxygen atoms in total. The third-order valence-electron chi connectivity index (χ3n) is 4.29. The average molecular weight is 351 g/mol. The van der Waals surface area contributed by atoms with E-state index >= 15 is 0 Å². The summed E-state index contributed by atoms with van der Waals surface area (Å²) >= 11 is 0. The number of nitrogens with two attached hydrogens (primary N) is 1. The molecule has 4 aromatic rings. The molecule has 3 heterocycles. The number of aromatic nitrogens is 5. The van der Waals surface area contributed by atoms with Crippen molar-refractivity contribution in [1.82, 2.24) is 24.5 Å². The maximum absolute atomic E-state index is 11.8. The topological polar surface area (TPSA) is 135 Å². The lowest BCUT2D eigenvalue weighted by atomic mass is 10.1. The second-order valence-electron chi connectivity index (χ2n) is 6.06. The Bertz CT molecular complexity index is 1110. The van der Waals surface area contributed by atoms with Gasteiger partial charge in [0.15, 0.2) is 17.0 Å². The largest absolute Gasteiger partial charge is 0.480 e. The molecule has 9 heteroatoms. The van der Waals surface area contributed by atoms with Gasteiger partial charge in [0, 0.05) is 30.6 Å². The minimum atomic E-state index is -0.989. The number of nitrogen functional groups attached to an aromatic ring is 1. The van der Waals surface area contributed by atoms with E-state index in [-0.39, 0.29) is 12.4 Å². The van der Waals surface area contributed by atoms with Crippen LogP contribution >= 0.6 is 0 Å². The van der Waals surface area contributed by atoms with Crippen LogP contribution in [0.15, 0.2) is 36.8 Å². The van der Waals surface area contributed by atoms with Crippen LogP contribution in [-0.4, -0.2) is 41.6 Å². The molecule has 0 aliphatic rings. The summed E-state index contributed by atoms with van der Waals surface area (Å²) in [5.74, 6) is -0.628. The standard InChI is InChI=1S/C17H17N7O2/c1-24-8-20-13-14(22-17(18)23-15(13)24)21-12(16(25)26)6-9-7-19-11-5-3-2-4-10(9)11/h2-5,7-8,12,19H,6H2,1H3,(H,25,26)(H3,18,21,22,23). The monoisotopic (exact) mass is 351 g/mol. The van der Waals surface area contributed by atoms with E-state index in [9.17, 15) is 9.90 Å². The molecule has 1 atom stereocenters. The molecular formula is C17H17N7O2. The normalized spacial score (nSPS) is 12.5. The van der Waals surface area contributed by atoms with Crippen LogP contribution in [0.5, 0.6) is 0 Å². The van der Waals surface area contributed by atoms with E-state index in [2.05, 4.69) is 25.3 Å². The number of rotatable bonds is 5. The Kier molecular flexibility index (Phi) is 3.68. The minimum absolute atomic E-state index is 0.0554. The van der Waals surface area contributed by atoms with Gasteiger partial charge in [0.1, 0.15) is 6.04 Å². The predicted molar refractivity (Wildman–Crippen MR) is 97.8 cm³/mol. The van der Waals surface area contributed by atoms with Gasteiger partial charge in [0.05, 0.1) is 6.33 Å². The SMILES string of the molecule is Cn1cnc2c(NC(Cc3c[nH]c4ccccc34)C(=O)O)nc(N)nc21. The van der Waals surface area contributed by atoms with Gasteiger partial charge in [-0.1, -0.05) is 18.2 Å². The van der Waals surface area contributed by atoms with Crippen molar-refractivity contribution in [3.63, 3.8) is 0 Å². The van der Waals surface area contributed by atoms with Crippen molar-refractivity contribution in [1.29, 1.82) is 0 Å². The number of hydrogen-bond donors (Lipinski definition) is 4. The lowest BCUT2D eigenvalue weighted by Gasteiger charge is -2.15. The van der Waals surface area contributed by atoms with Gasteiger partial charge in [-0.15, -0.1) is 0 Å². The van der Waals surface area contributed by atoms with Gasteiger partial charge in [-0.3, -0.25) is 0 Å². The van der Waals surface area contributed by atoms with E-state index in [1.165, 1.54) is 0 Å². The van der Waals surface area contributed by atoms with Gasteiger partial charge < -0.3 is 25.7 Å². The molecule has 0 bridgehead atoms. The van der Waals surface area contributed by atoms with Gasteiger partial charge in [0.25, 0.3) is 0 Å². The van der Waals surface area contributed by atoms with Crippen molar-refractivity contribution in [2.45, 2.75) is 12.5 Å². The van der Waals surface area contributed by atoms with E-state index in [0.717, 1.165) is 16.5 Å². The van der Waals surface area contributed by atoms with Crippen molar-refractivity contribution in [2.24, 2.45) is 7.05 Å². The molecular weight excluding hydrogens is 334 g/mol. The molecule has 0 amide bonds. The van der Waals surface area contributed by atoms with Gasteiger partial charge >= 0.3 is 5.97 Å². The summed E-state index contributed by atoms with van der Waals surface area (Å²) in [6.45, 7) is 0. The first-order chi connectivity index (χ1) is 12.5. The highest BCUT2D eigenvalue weighted by Crippen LogP contribution is 2.23. The number of aryl methyl sites for hydroxylation is 1. The van der Waals surface area contributed by atoms with Crippen LogP contribution in [0.2, 0.25) is 0 Å². The van der Waals surface area contributed by atoms with E-state index in [1.54, 1.807) is 17.9 Å². The summed E-state index contributed by atoms with van der Waals surface area (Å²) in [4.78, 5) is 27.5. The number of anilines is 2. The first-order valence-electron chi connectivity index (χ1n) is 8.02. The molecule has 132 valence electrons. The van der Waals surface area contributed by atoms with E-state index in [4.69, 9.17) is 5.73 Å². The molecule has 1 unspecified atom stereocenters. The molecule has 26 heavy (non-hydrogen) atoms. The maximum Gasteiger partial charge on any atom is 0.326 e. The molecule has 0 radical (unpaired) electrons. The highest BCUT2D eigenvalue weighted by Gasteiger charge is 2.22. The fraction of sp³-hybridized carbons (Fsp3) is 0.176. The molecule has 0 aliphatic carbocycles. The van der Waals surface area contributed by atoms with Gasteiger partial charge in [-0.2, -0.15) is 9.97 Å². The van der Waals surface area contributed by atoms with Crippen LogP contribution in [0.3, 0.4) is 0 Å². The number of benzene rings is 1. The summed E-state index contributed by atoms with van der Waals surface area (Å²) in [6, 6.07) is 6.86. The average Bonchev–Trinajstić information content (AvgIpc) is 3.19. The first kappa shape index (κ1) is 15.9. The van der Waals surface area contributed by atoms with Crippen molar-refractivity contribution in [3.05, 3.63) is 42.4 Å². The number of H-pyrrole nitrogens is 1. The zero-order valence-electron chi connectivity index (χ0n) is 14.0. The van der Waals surface area contributed by atoms with Crippen LogP contribution in [0.4, 0.5) is 11.8 Å². The minimum Gasteiger partial charge on any atom is -0.480 e.